The predicted octanol–water partition coefficient (Wildman–Crippen LogP) is 2.01. The van der Waals surface area contributed by atoms with Gasteiger partial charge in [0.25, 0.3) is 0 Å². The summed E-state index contributed by atoms with van der Waals surface area (Å²) >= 11 is 0. The summed E-state index contributed by atoms with van der Waals surface area (Å²) in [5.74, 6) is -0.219. The molecule has 1 fully saturated rings. The zero-order chi connectivity index (χ0) is 19.3. The number of hydrogen-bond acceptors (Lipinski definition) is 7. The first-order chi connectivity index (χ1) is 12.0. The molecule has 2 unspecified atom stereocenters. The van der Waals surface area contributed by atoms with Crippen LogP contribution in [0.5, 0.6) is 6.01 Å². The van der Waals surface area contributed by atoms with Crippen molar-refractivity contribution in [3.63, 3.8) is 0 Å². The number of carbonyl (C=O) groups excluding carboxylic acids is 1. The van der Waals surface area contributed by atoms with Crippen molar-refractivity contribution in [2.24, 2.45) is 0 Å². The quantitative estimate of drug-likeness (QED) is 0.582. The summed E-state index contributed by atoms with van der Waals surface area (Å²) in [5.41, 5.74) is -1.19. The lowest BCUT2D eigenvalue weighted by Crippen LogP contribution is -2.60. The van der Waals surface area contributed by atoms with Gasteiger partial charge in [0.15, 0.2) is 5.72 Å². The molecule has 0 radical (unpaired) electrons. The molecule has 0 aromatic carbocycles. The maximum Gasteiger partial charge on any atom is 0.416 e. The monoisotopic (exact) mass is 367 g/mol. The van der Waals surface area contributed by atoms with E-state index in [1.54, 1.807) is 9.47 Å². The minimum atomic E-state index is -0.669. The minimum Gasteiger partial charge on any atom is -0.444 e. The number of aromatic nitrogens is 2. The van der Waals surface area contributed by atoms with E-state index < -0.39 is 16.2 Å². The van der Waals surface area contributed by atoms with Gasteiger partial charge in [-0.05, 0) is 39.5 Å². The van der Waals surface area contributed by atoms with Crippen LogP contribution in [0.1, 0.15) is 40.7 Å². The molecule has 0 aliphatic carbocycles. The van der Waals surface area contributed by atoms with Gasteiger partial charge in [-0.15, -0.1) is 0 Å². The molecule has 1 aromatic rings. The van der Waals surface area contributed by atoms with Crippen molar-refractivity contribution in [2.45, 2.75) is 52.0 Å². The van der Waals surface area contributed by atoms with Crippen LogP contribution in [0.2, 0.25) is 0 Å². The van der Waals surface area contributed by atoms with Crippen LogP contribution in [-0.4, -0.2) is 67.9 Å². The Morgan fingerprint density at radius 3 is 2.50 bits per heavy atom. The number of rotatable bonds is 2. The lowest BCUT2D eigenvalue weighted by atomic mass is 10.0. The third kappa shape index (κ3) is 3.20. The molecule has 2 atom stereocenters. The van der Waals surface area contributed by atoms with Crippen molar-refractivity contribution in [1.29, 1.82) is 0 Å². The minimum absolute atomic E-state index is 0.147. The molecule has 3 heterocycles. The van der Waals surface area contributed by atoms with Crippen molar-refractivity contribution in [2.75, 3.05) is 26.2 Å². The Labute approximate surface area is 151 Å². The highest BCUT2D eigenvalue weighted by molar-refractivity contribution is 5.68. The number of imidazole rings is 1. The molecule has 1 aromatic heterocycles. The summed E-state index contributed by atoms with van der Waals surface area (Å²) in [5, 5.41) is 10.9. The first-order valence-electron chi connectivity index (χ1n) is 8.66. The molecular weight excluding hydrogens is 342 g/mol. The number of fused-ring (bicyclic) bond motifs is 1. The van der Waals surface area contributed by atoms with Gasteiger partial charge >= 0.3 is 17.9 Å². The SMILES string of the molecule is CC1n2cc([N+](=O)[O-])nc2OC1(C)N1CCN(C(=O)OC(C)(C)C)CC1. The van der Waals surface area contributed by atoms with E-state index in [4.69, 9.17) is 9.47 Å². The summed E-state index contributed by atoms with van der Waals surface area (Å²) in [7, 11) is 0. The fraction of sp³-hybridized carbons (Fsp3) is 0.750. The van der Waals surface area contributed by atoms with Crippen molar-refractivity contribution < 1.29 is 19.2 Å². The van der Waals surface area contributed by atoms with E-state index in [2.05, 4.69) is 9.88 Å². The van der Waals surface area contributed by atoms with Crippen molar-refractivity contribution >= 4 is 11.9 Å². The van der Waals surface area contributed by atoms with E-state index in [-0.39, 0.29) is 24.0 Å². The molecule has 144 valence electrons. The van der Waals surface area contributed by atoms with E-state index in [0.29, 0.717) is 26.2 Å². The first kappa shape index (κ1) is 18.4. The van der Waals surface area contributed by atoms with Gasteiger partial charge in [-0.25, -0.2) is 4.79 Å². The Kier molecular flexibility index (Phi) is 4.33. The maximum absolute atomic E-state index is 12.2. The largest absolute Gasteiger partial charge is 0.444 e. The molecule has 10 nitrogen and oxygen atoms in total. The highest BCUT2D eigenvalue weighted by atomic mass is 16.6. The van der Waals surface area contributed by atoms with Crippen LogP contribution < -0.4 is 4.74 Å². The molecule has 1 saturated heterocycles. The molecule has 0 spiro atoms. The standard InChI is InChI=1S/C16H25N5O5/c1-11-16(5,25-13-17-12(21(23)24)10-20(11)13)19-8-6-18(7-9-19)14(22)26-15(2,3)4/h10-11H,6-9H2,1-5H3. The predicted molar refractivity (Wildman–Crippen MR) is 92.0 cm³/mol. The van der Waals surface area contributed by atoms with Crippen molar-refractivity contribution in [3.05, 3.63) is 16.3 Å². The average molecular weight is 367 g/mol. The number of amides is 1. The van der Waals surface area contributed by atoms with Gasteiger partial charge in [0, 0.05) is 31.2 Å². The van der Waals surface area contributed by atoms with E-state index >= 15 is 0 Å². The Morgan fingerprint density at radius 1 is 1.38 bits per heavy atom. The maximum atomic E-state index is 12.2. The summed E-state index contributed by atoms with van der Waals surface area (Å²) < 4.78 is 13.1. The number of carbonyl (C=O) groups is 1. The number of piperazine rings is 1. The van der Waals surface area contributed by atoms with Gasteiger partial charge in [0.05, 0.1) is 6.04 Å². The summed E-state index contributed by atoms with van der Waals surface area (Å²) in [6, 6.07) is 0.105. The number of nitro groups is 1. The fourth-order valence-electron chi connectivity index (χ4n) is 3.32. The topological polar surface area (TPSA) is 103 Å². The molecule has 26 heavy (non-hydrogen) atoms. The van der Waals surface area contributed by atoms with Gasteiger partial charge in [-0.3, -0.25) is 9.47 Å². The summed E-state index contributed by atoms with van der Waals surface area (Å²) in [6.45, 7) is 11.7. The molecule has 1 amide bonds. The van der Waals surface area contributed by atoms with Gasteiger partial charge in [-0.2, -0.15) is 0 Å². The van der Waals surface area contributed by atoms with E-state index in [1.165, 1.54) is 6.20 Å². The van der Waals surface area contributed by atoms with Crippen molar-refractivity contribution in [3.8, 4) is 6.01 Å². The Morgan fingerprint density at radius 2 is 2.00 bits per heavy atom. The third-order valence-corrected chi connectivity index (χ3v) is 4.92. The van der Waals surface area contributed by atoms with Gasteiger partial charge in [0.2, 0.25) is 0 Å². The van der Waals surface area contributed by atoms with E-state index in [1.807, 2.05) is 34.6 Å². The molecule has 0 N–H and O–H groups in total. The van der Waals surface area contributed by atoms with Gasteiger partial charge in [-0.1, -0.05) is 0 Å². The fourth-order valence-corrected chi connectivity index (χ4v) is 3.32. The Balaban J connectivity index is 1.65. The summed E-state index contributed by atoms with van der Waals surface area (Å²) in [4.78, 5) is 30.3. The highest BCUT2D eigenvalue weighted by Gasteiger charge is 2.51. The number of hydrogen-bond donors (Lipinski definition) is 0. The molecule has 2 aliphatic heterocycles. The Hall–Kier alpha value is -2.36. The van der Waals surface area contributed by atoms with Crippen LogP contribution >= 0.6 is 0 Å². The van der Waals surface area contributed by atoms with Crippen LogP contribution in [0.4, 0.5) is 10.6 Å². The van der Waals surface area contributed by atoms with Gasteiger partial charge in [0.1, 0.15) is 11.8 Å². The molecule has 0 saturated carbocycles. The molecule has 3 rings (SSSR count). The van der Waals surface area contributed by atoms with E-state index in [0.717, 1.165) is 0 Å². The van der Waals surface area contributed by atoms with Crippen LogP contribution in [0, 0.1) is 10.1 Å². The smallest absolute Gasteiger partial charge is 0.416 e. The normalized spacial score (nSPS) is 26.3. The molecular formula is C16H25N5O5. The highest BCUT2D eigenvalue weighted by Crippen LogP contribution is 2.41. The second kappa shape index (κ2) is 6.11. The van der Waals surface area contributed by atoms with Crippen LogP contribution in [0.25, 0.3) is 0 Å². The molecule has 2 aliphatic rings. The zero-order valence-electron chi connectivity index (χ0n) is 15.8. The first-order valence-corrected chi connectivity index (χ1v) is 8.66. The lowest BCUT2D eigenvalue weighted by molar-refractivity contribution is -0.389. The number of nitrogens with zero attached hydrogens (tertiary/aromatic N) is 5. The van der Waals surface area contributed by atoms with Crippen LogP contribution in [0.15, 0.2) is 6.20 Å². The molecule has 0 bridgehead atoms. The van der Waals surface area contributed by atoms with Crippen LogP contribution in [-0.2, 0) is 4.74 Å². The summed E-state index contributed by atoms with van der Waals surface area (Å²) in [6.07, 6.45) is 1.09. The van der Waals surface area contributed by atoms with E-state index in [9.17, 15) is 14.9 Å². The Bertz CT molecular complexity index is 719. The van der Waals surface area contributed by atoms with Gasteiger partial charge < -0.3 is 24.5 Å². The third-order valence-electron chi connectivity index (χ3n) is 4.92. The van der Waals surface area contributed by atoms with Crippen molar-refractivity contribution in [1.82, 2.24) is 19.4 Å². The average Bonchev–Trinajstić information content (AvgIpc) is 3.05. The molecule has 10 heteroatoms. The lowest BCUT2D eigenvalue weighted by Gasteiger charge is -2.44. The van der Waals surface area contributed by atoms with Crippen LogP contribution in [0.3, 0.4) is 0 Å². The second-order valence-electron chi connectivity index (χ2n) is 7.83. The second-order valence-corrected chi connectivity index (χ2v) is 7.83. The number of ether oxygens (including phenoxy) is 2. The zero-order valence-corrected chi connectivity index (χ0v) is 15.8.